The molecule has 0 aliphatic heterocycles. The summed E-state index contributed by atoms with van der Waals surface area (Å²) in [6, 6.07) is 13.5. The second-order valence-electron chi connectivity index (χ2n) is 5.59. The Bertz CT molecular complexity index is 681. The highest BCUT2D eigenvalue weighted by Crippen LogP contribution is 2.25. The van der Waals surface area contributed by atoms with E-state index in [4.69, 9.17) is 11.6 Å². The molecule has 0 heterocycles. The number of aryl methyl sites for hydroxylation is 2. The zero-order valence-corrected chi connectivity index (χ0v) is 12.8. The minimum absolute atomic E-state index is 0.0117. The SMILES string of the molecule is C[C@H](NC(=O)c1cccc(Cl)c1)c1ccc2c(c1)CCC2. The molecule has 3 heteroatoms. The van der Waals surface area contributed by atoms with Crippen LogP contribution in [0.1, 0.15) is 46.4 Å². The molecule has 0 aromatic heterocycles. The topological polar surface area (TPSA) is 29.1 Å². The summed E-state index contributed by atoms with van der Waals surface area (Å²) in [6.45, 7) is 2.01. The maximum absolute atomic E-state index is 12.2. The fourth-order valence-corrected chi connectivity index (χ4v) is 3.04. The van der Waals surface area contributed by atoms with Crippen molar-refractivity contribution in [1.29, 1.82) is 0 Å². The van der Waals surface area contributed by atoms with Gasteiger partial charge in [-0.1, -0.05) is 35.9 Å². The van der Waals surface area contributed by atoms with Gasteiger partial charge in [-0.25, -0.2) is 0 Å². The van der Waals surface area contributed by atoms with E-state index in [0.717, 1.165) is 12.0 Å². The second-order valence-corrected chi connectivity index (χ2v) is 6.02. The summed E-state index contributed by atoms with van der Waals surface area (Å²) in [6.07, 6.45) is 3.57. The third-order valence-electron chi connectivity index (χ3n) is 4.06. The lowest BCUT2D eigenvalue weighted by Gasteiger charge is -2.16. The number of halogens is 1. The molecule has 1 atom stereocenters. The Labute approximate surface area is 130 Å². The van der Waals surface area contributed by atoms with Crippen molar-refractivity contribution in [3.63, 3.8) is 0 Å². The van der Waals surface area contributed by atoms with Gasteiger partial charge in [0.1, 0.15) is 0 Å². The van der Waals surface area contributed by atoms with Crippen LogP contribution in [-0.2, 0) is 12.8 Å². The first-order valence-corrected chi connectivity index (χ1v) is 7.69. The molecule has 2 nitrogen and oxygen atoms in total. The molecule has 0 spiro atoms. The van der Waals surface area contributed by atoms with E-state index >= 15 is 0 Å². The number of carbonyl (C=O) groups is 1. The summed E-state index contributed by atoms with van der Waals surface area (Å²) in [5.41, 5.74) is 4.63. The lowest BCUT2D eigenvalue weighted by Crippen LogP contribution is -2.26. The number of hydrogen-bond donors (Lipinski definition) is 1. The maximum Gasteiger partial charge on any atom is 0.251 e. The Hall–Kier alpha value is -1.80. The number of amides is 1. The average Bonchev–Trinajstić information content (AvgIpc) is 2.94. The van der Waals surface area contributed by atoms with Crippen LogP contribution in [0, 0.1) is 0 Å². The number of hydrogen-bond acceptors (Lipinski definition) is 1. The summed E-state index contributed by atoms with van der Waals surface area (Å²) < 4.78 is 0. The Balaban J connectivity index is 1.74. The van der Waals surface area contributed by atoms with E-state index in [1.807, 2.05) is 6.92 Å². The fourth-order valence-electron chi connectivity index (χ4n) is 2.85. The van der Waals surface area contributed by atoms with Gasteiger partial charge in [0.2, 0.25) is 0 Å². The van der Waals surface area contributed by atoms with Crippen LogP contribution in [0.4, 0.5) is 0 Å². The molecule has 0 saturated heterocycles. The van der Waals surface area contributed by atoms with Crippen molar-refractivity contribution in [3.05, 3.63) is 69.7 Å². The number of benzene rings is 2. The predicted octanol–water partition coefficient (Wildman–Crippen LogP) is 4.32. The number of nitrogens with one attached hydrogen (secondary N) is 1. The smallest absolute Gasteiger partial charge is 0.251 e. The lowest BCUT2D eigenvalue weighted by molar-refractivity contribution is 0.0940. The molecule has 2 aromatic carbocycles. The van der Waals surface area contributed by atoms with Gasteiger partial charge in [-0.2, -0.15) is 0 Å². The fraction of sp³-hybridized carbons (Fsp3) is 0.278. The normalized spacial score (nSPS) is 14.6. The molecule has 0 unspecified atom stereocenters. The maximum atomic E-state index is 12.2. The highest BCUT2D eigenvalue weighted by atomic mass is 35.5. The highest BCUT2D eigenvalue weighted by Gasteiger charge is 2.15. The van der Waals surface area contributed by atoms with E-state index in [0.29, 0.717) is 10.6 Å². The van der Waals surface area contributed by atoms with E-state index in [-0.39, 0.29) is 11.9 Å². The van der Waals surface area contributed by atoms with Gasteiger partial charge in [0.25, 0.3) is 5.91 Å². The van der Waals surface area contributed by atoms with Crippen LogP contribution in [0.3, 0.4) is 0 Å². The van der Waals surface area contributed by atoms with Gasteiger partial charge < -0.3 is 5.32 Å². The van der Waals surface area contributed by atoms with Crippen molar-refractivity contribution >= 4 is 17.5 Å². The molecule has 0 bridgehead atoms. The van der Waals surface area contributed by atoms with E-state index < -0.39 is 0 Å². The second kappa shape index (κ2) is 5.90. The number of rotatable bonds is 3. The molecule has 0 fully saturated rings. The number of fused-ring (bicyclic) bond motifs is 1. The van der Waals surface area contributed by atoms with Crippen LogP contribution in [0.25, 0.3) is 0 Å². The molecule has 1 aliphatic rings. The van der Waals surface area contributed by atoms with Crippen LogP contribution in [-0.4, -0.2) is 5.91 Å². The minimum Gasteiger partial charge on any atom is -0.346 e. The van der Waals surface area contributed by atoms with Crippen molar-refractivity contribution < 1.29 is 4.79 Å². The first-order valence-electron chi connectivity index (χ1n) is 7.31. The Morgan fingerprint density at radius 3 is 2.76 bits per heavy atom. The summed E-state index contributed by atoms with van der Waals surface area (Å²) >= 11 is 5.93. The van der Waals surface area contributed by atoms with Gasteiger partial charge in [-0.3, -0.25) is 4.79 Å². The van der Waals surface area contributed by atoms with Crippen molar-refractivity contribution in [2.24, 2.45) is 0 Å². The van der Waals surface area contributed by atoms with Crippen molar-refractivity contribution in [2.75, 3.05) is 0 Å². The van der Waals surface area contributed by atoms with Gasteiger partial charge in [0, 0.05) is 10.6 Å². The van der Waals surface area contributed by atoms with Crippen LogP contribution >= 0.6 is 11.6 Å². The van der Waals surface area contributed by atoms with Gasteiger partial charge in [0.05, 0.1) is 6.04 Å². The Kier molecular flexibility index (Phi) is 3.98. The summed E-state index contributed by atoms with van der Waals surface area (Å²) in [5, 5.41) is 3.61. The average molecular weight is 300 g/mol. The third-order valence-corrected chi connectivity index (χ3v) is 4.29. The molecule has 1 N–H and O–H groups in total. The molecule has 2 aromatic rings. The minimum atomic E-state index is -0.0921. The van der Waals surface area contributed by atoms with E-state index in [9.17, 15) is 4.79 Å². The van der Waals surface area contributed by atoms with Crippen molar-refractivity contribution in [1.82, 2.24) is 5.32 Å². The third kappa shape index (κ3) is 3.11. The zero-order valence-electron chi connectivity index (χ0n) is 12.0. The van der Waals surface area contributed by atoms with Crippen LogP contribution in [0.15, 0.2) is 42.5 Å². The summed E-state index contributed by atoms with van der Waals surface area (Å²) in [7, 11) is 0. The first kappa shape index (κ1) is 14.2. The van der Waals surface area contributed by atoms with E-state index in [1.165, 1.54) is 24.0 Å². The summed E-state index contributed by atoms with van der Waals surface area (Å²) in [4.78, 5) is 12.2. The largest absolute Gasteiger partial charge is 0.346 e. The molecule has 1 amide bonds. The quantitative estimate of drug-likeness (QED) is 0.898. The molecule has 108 valence electrons. The molecule has 0 saturated carbocycles. The predicted molar refractivity (Wildman–Crippen MR) is 85.8 cm³/mol. The van der Waals surface area contributed by atoms with Gasteiger partial charge in [-0.05, 0) is 61.1 Å². The van der Waals surface area contributed by atoms with Crippen LogP contribution < -0.4 is 5.32 Å². The zero-order chi connectivity index (χ0) is 14.8. The standard InChI is InChI=1S/C18H18ClNO/c1-12(14-9-8-13-4-2-5-15(13)10-14)20-18(21)16-6-3-7-17(19)11-16/h3,6-12H,2,4-5H2,1H3,(H,20,21)/t12-/m0/s1. The van der Waals surface area contributed by atoms with Crippen molar-refractivity contribution in [3.8, 4) is 0 Å². The van der Waals surface area contributed by atoms with Crippen LogP contribution in [0.5, 0.6) is 0 Å². The van der Waals surface area contributed by atoms with Crippen LogP contribution in [0.2, 0.25) is 5.02 Å². The van der Waals surface area contributed by atoms with E-state index in [2.05, 4.69) is 23.5 Å². The molecule has 21 heavy (non-hydrogen) atoms. The Morgan fingerprint density at radius 2 is 1.95 bits per heavy atom. The first-order chi connectivity index (χ1) is 10.1. The summed E-state index contributed by atoms with van der Waals surface area (Å²) in [5.74, 6) is -0.0921. The van der Waals surface area contributed by atoms with Gasteiger partial charge >= 0.3 is 0 Å². The lowest BCUT2D eigenvalue weighted by atomic mass is 10.0. The molecular formula is C18H18ClNO. The van der Waals surface area contributed by atoms with E-state index in [1.54, 1.807) is 24.3 Å². The molecule has 3 rings (SSSR count). The van der Waals surface area contributed by atoms with Crippen molar-refractivity contribution in [2.45, 2.75) is 32.2 Å². The molecule has 0 radical (unpaired) electrons. The molecular weight excluding hydrogens is 282 g/mol. The Morgan fingerprint density at radius 1 is 1.14 bits per heavy atom. The number of carbonyl (C=O) groups excluding carboxylic acids is 1. The highest BCUT2D eigenvalue weighted by molar-refractivity contribution is 6.30. The monoisotopic (exact) mass is 299 g/mol. The van der Waals surface area contributed by atoms with Gasteiger partial charge in [0.15, 0.2) is 0 Å². The van der Waals surface area contributed by atoms with Gasteiger partial charge in [-0.15, -0.1) is 0 Å². The molecule has 1 aliphatic carbocycles.